The number of benzene rings is 1. The minimum atomic E-state index is 0.00790. The Morgan fingerprint density at radius 1 is 1.32 bits per heavy atom. The van der Waals surface area contributed by atoms with Gasteiger partial charge in [0.2, 0.25) is 0 Å². The summed E-state index contributed by atoms with van der Waals surface area (Å²) in [6.07, 6.45) is 2.96. The molecule has 4 heteroatoms. The second kappa shape index (κ2) is 7.34. The summed E-state index contributed by atoms with van der Waals surface area (Å²) in [5.41, 5.74) is 0.782. The molecule has 1 aromatic rings. The highest BCUT2D eigenvalue weighted by Gasteiger charge is 2.25. The number of alkyl halides is 1. The van der Waals surface area contributed by atoms with Crippen molar-refractivity contribution < 1.29 is 4.79 Å². The highest BCUT2D eigenvalue weighted by Crippen LogP contribution is 2.23. The van der Waals surface area contributed by atoms with Gasteiger partial charge in [0, 0.05) is 21.8 Å². The second-order valence-electron chi connectivity index (χ2n) is 5.60. The predicted molar refractivity (Wildman–Crippen MR) is 87.3 cm³/mol. The molecular formula is C15H22BrNOS. The molecule has 0 saturated carbocycles. The third kappa shape index (κ3) is 5.19. The molecule has 0 aromatic heterocycles. The molecule has 1 atom stereocenters. The van der Waals surface area contributed by atoms with E-state index >= 15 is 0 Å². The molecule has 0 spiro atoms. The molecule has 0 aliphatic rings. The van der Waals surface area contributed by atoms with Gasteiger partial charge in [-0.3, -0.25) is 4.79 Å². The van der Waals surface area contributed by atoms with E-state index in [2.05, 4.69) is 42.0 Å². The zero-order valence-electron chi connectivity index (χ0n) is 12.0. The van der Waals surface area contributed by atoms with Crippen molar-refractivity contribution in [3.63, 3.8) is 0 Å². The third-order valence-corrected chi connectivity index (χ3v) is 4.30. The smallest absolute Gasteiger partial charge is 0.251 e. The van der Waals surface area contributed by atoms with Crippen molar-refractivity contribution in [3.05, 3.63) is 29.8 Å². The summed E-state index contributed by atoms with van der Waals surface area (Å²) in [6.45, 7) is 6.45. The molecule has 2 nitrogen and oxygen atoms in total. The summed E-state index contributed by atoms with van der Waals surface area (Å²) in [4.78, 5) is 13.4. The number of carbonyl (C=O) groups excluding carboxylic acids is 1. The van der Waals surface area contributed by atoms with Crippen LogP contribution < -0.4 is 5.32 Å². The van der Waals surface area contributed by atoms with Gasteiger partial charge >= 0.3 is 0 Å². The standard InChI is InChI=1S/C15H22BrNOS/c1-15(2,3)13(9-10-16)17-14(18)11-5-7-12(19-4)8-6-11/h5-8,13H,9-10H2,1-4H3,(H,17,18). The second-order valence-corrected chi connectivity index (χ2v) is 7.27. The lowest BCUT2D eigenvalue weighted by Gasteiger charge is -2.31. The first-order chi connectivity index (χ1) is 8.88. The van der Waals surface area contributed by atoms with Crippen molar-refractivity contribution >= 4 is 33.6 Å². The van der Waals surface area contributed by atoms with Crippen molar-refractivity contribution in [1.29, 1.82) is 0 Å². The Bertz CT molecular complexity index is 411. The lowest BCUT2D eigenvalue weighted by atomic mass is 9.85. The lowest BCUT2D eigenvalue weighted by Crippen LogP contribution is -2.44. The van der Waals surface area contributed by atoms with Gasteiger partial charge in [0.25, 0.3) is 5.91 Å². The van der Waals surface area contributed by atoms with Gasteiger partial charge < -0.3 is 5.32 Å². The Morgan fingerprint density at radius 3 is 2.32 bits per heavy atom. The average molecular weight is 344 g/mol. The minimum Gasteiger partial charge on any atom is -0.349 e. The fourth-order valence-electron chi connectivity index (χ4n) is 1.81. The van der Waals surface area contributed by atoms with E-state index in [1.165, 1.54) is 4.90 Å². The van der Waals surface area contributed by atoms with Gasteiger partial charge in [-0.05, 0) is 42.4 Å². The molecule has 19 heavy (non-hydrogen) atoms. The number of halogens is 1. The number of thioether (sulfide) groups is 1. The predicted octanol–water partition coefficient (Wildman–Crippen LogP) is 4.34. The number of carbonyl (C=O) groups is 1. The van der Waals surface area contributed by atoms with Gasteiger partial charge in [-0.1, -0.05) is 36.7 Å². The molecule has 0 aliphatic carbocycles. The monoisotopic (exact) mass is 343 g/mol. The van der Waals surface area contributed by atoms with Gasteiger partial charge in [0.15, 0.2) is 0 Å². The van der Waals surface area contributed by atoms with E-state index < -0.39 is 0 Å². The average Bonchev–Trinajstić information content (AvgIpc) is 2.37. The minimum absolute atomic E-state index is 0.00790. The molecule has 0 heterocycles. The SMILES string of the molecule is CSc1ccc(C(=O)NC(CCBr)C(C)(C)C)cc1. The van der Waals surface area contributed by atoms with Gasteiger partial charge in [-0.25, -0.2) is 0 Å². The molecule has 106 valence electrons. The van der Waals surface area contributed by atoms with Crippen molar-refractivity contribution in [1.82, 2.24) is 5.32 Å². The first-order valence-corrected chi connectivity index (χ1v) is 8.74. The summed E-state index contributed by atoms with van der Waals surface area (Å²) < 4.78 is 0. The van der Waals surface area contributed by atoms with Crippen LogP contribution >= 0.6 is 27.7 Å². The first kappa shape index (κ1) is 16.6. The fourth-order valence-corrected chi connectivity index (χ4v) is 2.68. The van der Waals surface area contributed by atoms with E-state index in [1.807, 2.05) is 30.5 Å². The largest absolute Gasteiger partial charge is 0.349 e. The molecular weight excluding hydrogens is 322 g/mol. The molecule has 1 aromatic carbocycles. The van der Waals surface area contributed by atoms with Crippen molar-refractivity contribution in [2.24, 2.45) is 5.41 Å². The van der Waals surface area contributed by atoms with Crippen LogP contribution in [0, 0.1) is 5.41 Å². The molecule has 0 radical (unpaired) electrons. The van der Waals surface area contributed by atoms with Crippen LogP contribution in [0.25, 0.3) is 0 Å². The summed E-state index contributed by atoms with van der Waals surface area (Å²) in [6, 6.07) is 7.90. The van der Waals surface area contributed by atoms with Gasteiger partial charge in [0.1, 0.15) is 0 Å². The molecule has 1 N–H and O–H groups in total. The van der Waals surface area contributed by atoms with Gasteiger partial charge in [0.05, 0.1) is 0 Å². The molecule has 1 amide bonds. The van der Waals surface area contributed by atoms with Crippen molar-refractivity contribution in [2.75, 3.05) is 11.6 Å². The highest BCUT2D eigenvalue weighted by molar-refractivity contribution is 9.09. The number of hydrogen-bond acceptors (Lipinski definition) is 2. The van der Waals surface area contributed by atoms with Crippen LogP contribution in [0.2, 0.25) is 0 Å². The molecule has 0 bridgehead atoms. The number of amides is 1. The van der Waals surface area contributed by atoms with Crippen LogP contribution in [-0.4, -0.2) is 23.5 Å². The van der Waals surface area contributed by atoms with E-state index in [0.717, 1.165) is 17.3 Å². The Balaban J connectivity index is 2.75. The van der Waals surface area contributed by atoms with Crippen LogP contribution in [0.3, 0.4) is 0 Å². The molecule has 0 aliphatic heterocycles. The van der Waals surface area contributed by atoms with Gasteiger partial charge in [-0.15, -0.1) is 11.8 Å². The van der Waals surface area contributed by atoms with Crippen LogP contribution in [0.15, 0.2) is 29.2 Å². The summed E-state index contributed by atoms with van der Waals surface area (Å²) in [7, 11) is 0. The maximum atomic E-state index is 12.2. The van der Waals surface area contributed by atoms with Crippen molar-refractivity contribution in [2.45, 2.75) is 38.1 Å². The highest BCUT2D eigenvalue weighted by atomic mass is 79.9. The molecule has 1 unspecified atom stereocenters. The zero-order valence-corrected chi connectivity index (χ0v) is 14.4. The third-order valence-electron chi connectivity index (χ3n) is 3.10. The lowest BCUT2D eigenvalue weighted by molar-refractivity contribution is 0.0900. The molecule has 0 fully saturated rings. The Hall–Kier alpha value is -0.480. The van der Waals surface area contributed by atoms with Crippen LogP contribution in [0.4, 0.5) is 0 Å². The summed E-state index contributed by atoms with van der Waals surface area (Å²) >= 11 is 5.13. The Labute approximate surface area is 128 Å². The van der Waals surface area contributed by atoms with E-state index in [-0.39, 0.29) is 17.4 Å². The molecule has 1 rings (SSSR count). The van der Waals surface area contributed by atoms with Crippen molar-refractivity contribution in [3.8, 4) is 0 Å². The molecule has 0 saturated heterocycles. The maximum Gasteiger partial charge on any atom is 0.251 e. The van der Waals surface area contributed by atoms with Crippen LogP contribution in [-0.2, 0) is 0 Å². The number of rotatable bonds is 5. The Morgan fingerprint density at radius 2 is 1.89 bits per heavy atom. The van der Waals surface area contributed by atoms with E-state index in [9.17, 15) is 4.79 Å². The summed E-state index contributed by atoms with van der Waals surface area (Å²) in [5.74, 6) is 0.00790. The van der Waals surface area contributed by atoms with Crippen LogP contribution in [0.1, 0.15) is 37.6 Å². The fraction of sp³-hybridized carbons (Fsp3) is 0.533. The van der Waals surface area contributed by atoms with E-state index in [4.69, 9.17) is 0 Å². The zero-order chi connectivity index (χ0) is 14.5. The normalized spacial score (nSPS) is 13.1. The maximum absolute atomic E-state index is 12.2. The van der Waals surface area contributed by atoms with E-state index in [0.29, 0.717) is 0 Å². The quantitative estimate of drug-likeness (QED) is 0.636. The number of hydrogen-bond donors (Lipinski definition) is 1. The number of nitrogens with one attached hydrogen (secondary N) is 1. The Kier molecular flexibility index (Phi) is 6.40. The topological polar surface area (TPSA) is 29.1 Å². The van der Waals surface area contributed by atoms with Crippen LogP contribution in [0.5, 0.6) is 0 Å². The summed E-state index contributed by atoms with van der Waals surface area (Å²) in [5, 5.41) is 4.03. The van der Waals surface area contributed by atoms with Gasteiger partial charge in [-0.2, -0.15) is 0 Å². The first-order valence-electron chi connectivity index (χ1n) is 6.39. The van der Waals surface area contributed by atoms with E-state index in [1.54, 1.807) is 11.8 Å².